The molecule has 0 bridgehead atoms. The zero-order valence-corrected chi connectivity index (χ0v) is 15.6. The number of anilines is 3. The summed E-state index contributed by atoms with van der Waals surface area (Å²) in [6, 6.07) is 9.93. The van der Waals surface area contributed by atoms with Gasteiger partial charge in [-0.15, -0.1) is 0 Å². The molecule has 1 heterocycles. The summed E-state index contributed by atoms with van der Waals surface area (Å²) in [5, 5.41) is 16.0. The number of methoxy groups -OCH3 is 1. The predicted octanol–water partition coefficient (Wildman–Crippen LogP) is 3.93. The normalized spacial score (nSPS) is 14.3. The fourth-order valence-electron chi connectivity index (χ4n) is 3.26. The fraction of sp³-hybridized carbons (Fsp3) is 0.400. The summed E-state index contributed by atoms with van der Waals surface area (Å²) in [4.78, 5) is 21.0. The maximum Gasteiger partial charge on any atom is 0.344 e. The number of carbonyl (C=O) groups excluding carboxylic acids is 1. The third-order valence-electron chi connectivity index (χ3n) is 4.74. The minimum absolute atomic E-state index is 0.00811. The van der Waals surface area contributed by atoms with Crippen LogP contribution in [-0.2, 0) is 4.74 Å². The Morgan fingerprint density at radius 3 is 2.63 bits per heavy atom. The van der Waals surface area contributed by atoms with Crippen molar-refractivity contribution in [1.29, 1.82) is 5.26 Å². The van der Waals surface area contributed by atoms with E-state index in [1.807, 2.05) is 37.3 Å². The summed E-state index contributed by atoms with van der Waals surface area (Å²) in [6.45, 7) is 1.95. The van der Waals surface area contributed by atoms with Gasteiger partial charge in [-0.1, -0.05) is 37.5 Å². The molecule has 0 unspecified atom stereocenters. The monoisotopic (exact) mass is 365 g/mol. The highest BCUT2D eigenvalue weighted by molar-refractivity contribution is 5.97. The number of nitriles is 1. The third kappa shape index (κ3) is 4.34. The van der Waals surface area contributed by atoms with Gasteiger partial charge in [0.15, 0.2) is 11.5 Å². The Hall–Kier alpha value is -3.14. The van der Waals surface area contributed by atoms with Gasteiger partial charge in [-0.05, 0) is 31.4 Å². The first-order valence-corrected chi connectivity index (χ1v) is 9.12. The summed E-state index contributed by atoms with van der Waals surface area (Å²) in [6.07, 6.45) is 5.66. The smallest absolute Gasteiger partial charge is 0.344 e. The Kier molecular flexibility index (Phi) is 5.87. The van der Waals surface area contributed by atoms with Crippen molar-refractivity contribution in [3.05, 3.63) is 41.1 Å². The Bertz CT molecular complexity index is 869. The van der Waals surface area contributed by atoms with Crippen molar-refractivity contribution in [3.8, 4) is 6.07 Å². The minimum Gasteiger partial charge on any atom is -0.465 e. The Labute approximate surface area is 158 Å². The lowest BCUT2D eigenvalue weighted by atomic mass is 9.96. The SMILES string of the molecule is COC(=O)c1c(C#N)nc(NC2CCCCC2)nc1Nc1ccccc1C. The lowest BCUT2D eigenvalue weighted by molar-refractivity contribution is 0.0600. The second-order valence-corrected chi connectivity index (χ2v) is 6.64. The van der Waals surface area contributed by atoms with E-state index in [1.54, 1.807) is 0 Å². The molecule has 7 heteroatoms. The summed E-state index contributed by atoms with van der Waals surface area (Å²) >= 11 is 0. The fourth-order valence-corrected chi connectivity index (χ4v) is 3.26. The van der Waals surface area contributed by atoms with E-state index in [9.17, 15) is 10.1 Å². The van der Waals surface area contributed by atoms with Gasteiger partial charge in [0.25, 0.3) is 0 Å². The highest BCUT2D eigenvalue weighted by Gasteiger charge is 2.24. The van der Waals surface area contributed by atoms with Gasteiger partial charge in [-0.2, -0.15) is 10.2 Å². The molecule has 1 aromatic heterocycles. The summed E-state index contributed by atoms with van der Waals surface area (Å²) in [7, 11) is 1.27. The van der Waals surface area contributed by atoms with Crippen LogP contribution in [0, 0.1) is 18.3 Å². The van der Waals surface area contributed by atoms with Crippen molar-refractivity contribution in [3.63, 3.8) is 0 Å². The van der Waals surface area contributed by atoms with Crippen molar-refractivity contribution in [2.45, 2.75) is 45.1 Å². The third-order valence-corrected chi connectivity index (χ3v) is 4.74. The molecule has 0 spiro atoms. The van der Waals surface area contributed by atoms with E-state index in [2.05, 4.69) is 20.6 Å². The topological polar surface area (TPSA) is 99.9 Å². The van der Waals surface area contributed by atoms with Crippen molar-refractivity contribution in [2.75, 3.05) is 17.7 Å². The molecule has 1 aliphatic carbocycles. The predicted molar refractivity (Wildman–Crippen MR) is 103 cm³/mol. The summed E-state index contributed by atoms with van der Waals surface area (Å²) in [5.74, 6) is -0.0324. The number of hydrogen-bond acceptors (Lipinski definition) is 7. The van der Waals surface area contributed by atoms with E-state index in [4.69, 9.17) is 4.74 Å². The van der Waals surface area contributed by atoms with Crippen LogP contribution in [0.1, 0.15) is 53.7 Å². The molecule has 0 aliphatic heterocycles. The number of nitrogens with zero attached hydrogens (tertiary/aromatic N) is 3. The highest BCUT2D eigenvalue weighted by Crippen LogP contribution is 2.27. The van der Waals surface area contributed by atoms with Gasteiger partial charge in [-0.3, -0.25) is 0 Å². The zero-order chi connectivity index (χ0) is 19.2. The Morgan fingerprint density at radius 2 is 1.96 bits per heavy atom. The number of rotatable bonds is 5. The molecule has 0 saturated heterocycles. The lowest BCUT2D eigenvalue weighted by Crippen LogP contribution is -2.24. The van der Waals surface area contributed by atoms with E-state index < -0.39 is 5.97 Å². The van der Waals surface area contributed by atoms with Gasteiger partial charge in [0, 0.05) is 11.7 Å². The van der Waals surface area contributed by atoms with E-state index in [1.165, 1.54) is 13.5 Å². The maximum atomic E-state index is 12.3. The van der Waals surface area contributed by atoms with E-state index in [-0.39, 0.29) is 23.1 Å². The van der Waals surface area contributed by atoms with Gasteiger partial charge < -0.3 is 15.4 Å². The first-order valence-electron chi connectivity index (χ1n) is 9.12. The number of benzene rings is 1. The molecule has 1 saturated carbocycles. The molecule has 0 amide bonds. The van der Waals surface area contributed by atoms with Crippen LogP contribution in [0.15, 0.2) is 24.3 Å². The van der Waals surface area contributed by atoms with Gasteiger partial charge in [0.2, 0.25) is 5.95 Å². The molecule has 0 atom stereocenters. The molecule has 2 N–H and O–H groups in total. The molecule has 7 nitrogen and oxygen atoms in total. The van der Waals surface area contributed by atoms with Crippen LogP contribution < -0.4 is 10.6 Å². The number of carbonyl (C=O) groups is 1. The van der Waals surface area contributed by atoms with E-state index in [0.29, 0.717) is 5.95 Å². The van der Waals surface area contributed by atoms with E-state index >= 15 is 0 Å². The quantitative estimate of drug-likeness (QED) is 0.774. The van der Waals surface area contributed by atoms with Crippen molar-refractivity contribution < 1.29 is 9.53 Å². The van der Waals surface area contributed by atoms with Gasteiger partial charge in [0.1, 0.15) is 11.6 Å². The second-order valence-electron chi connectivity index (χ2n) is 6.64. The number of ether oxygens (including phenoxy) is 1. The van der Waals surface area contributed by atoms with Crippen molar-refractivity contribution in [1.82, 2.24) is 9.97 Å². The summed E-state index contributed by atoms with van der Waals surface area (Å²) in [5.41, 5.74) is 1.82. The number of esters is 1. The van der Waals surface area contributed by atoms with Gasteiger partial charge >= 0.3 is 5.97 Å². The molecular formula is C20H23N5O2. The van der Waals surface area contributed by atoms with Crippen LogP contribution in [0.2, 0.25) is 0 Å². The largest absolute Gasteiger partial charge is 0.465 e. The Morgan fingerprint density at radius 1 is 1.22 bits per heavy atom. The number of hydrogen-bond donors (Lipinski definition) is 2. The minimum atomic E-state index is -0.646. The van der Waals surface area contributed by atoms with Crippen LogP contribution in [0.5, 0.6) is 0 Å². The molecular weight excluding hydrogens is 342 g/mol. The number of para-hydroxylation sites is 1. The second kappa shape index (κ2) is 8.49. The number of aryl methyl sites for hydroxylation is 1. The summed E-state index contributed by atoms with van der Waals surface area (Å²) < 4.78 is 4.85. The van der Waals surface area contributed by atoms with E-state index in [0.717, 1.165) is 36.9 Å². The van der Waals surface area contributed by atoms with Crippen LogP contribution in [0.25, 0.3) is 0 Å². The molecule has 140 valence electrons. The average Bonchev–Trinajstić information content (AvgIpc) is 2.69. The molecule has 0 radical (unpaired) electrons. The zero-order valence-electron chi connectivity index (χ0n) is 15.6. The van der Waals surface area contributed by atoms with Crippen molar-refractivity contribution in [2.24, 2.45) is 0 Å². The highest BCUT2D eigenvalue weighted by atomic mass is 16.5. The molecule has 1 aromatic carbocycles. The molecule has 1 fully saturated rings. The molecule has 27 heavy (non-hydrogen) atoms. The van der Waals surface area contributed by atoms with Crippen LogP contribution in [0.4, 0.5) is 17.5 Å². The first-order chi connectivity index (χ1) is 13.1. The van der Waals surface area contributed by atoms with Gasteiger partial charge in [-0.25, -0.2) is 9.78 Å². The van der Waals surface area contributed by atoms with Crippen LogP contribution >= 0.6 is 0 Å². The first kappa shape index (κ1) is 18.6. The molecule has 1 aliphatic rings. The average molecular weight is 365 g/mol. The van der Waals surface area contributed by atoms with Crippen LogP contribution in [-0.4, -0.2) is 29.1 Å². The molecule has 3 rings (SSSR count). The number of aromatic nitrogens is 2. The number of nitrogens with one attached hydrogen (secondary N) is 2. The van der Waals surface area contributed by atoms with Crippen LogP contribution in [0.3, 0.4) is 0 Å². The Balaban J connectivity index is 2.01. The van der Waals surface area contributed by atoms with Crippen molar-refractivity contribution >= 4 is 23.4 Å². The maximum absolute atomic E-state index is 12.3. The lowest BCUT2D eigenvalue weighted by Gasteiger charge is -2.23. The van der Waals surface area contributed by atoms with Gasteiger partial charge in [0.05, 0.1) is 7.11 Å². The standard InChI is InChI=1S/C20H23N5O2/c1-13-8-6-7-11-15(13)23-18-17(19(26)27-2)16(12-21)24-20(25-18)22-14-9-4-3-5-10-14/h6-8,11,14H,3-5,9-10H2,1-2H3,(H2,22,23,24,25). The molecule has 2 aromatic rings.